The first-order chi connectivity index (χ1) is 8.34. The van der Waals surface area contributed by atoms with Gasteiger partial charge in [0.15, 0.2) is 0 Å². The molecular weight excluding hydrogens is 291 g/mol. The van der Waals surface area contributed by atoms with Crippen molar-refractivity contribution in [1.29, 1.82) is 0 Å². The van der Waals surface area contributed by atoms with Crippen LogP contribution in [0.25, 0.3) is 0 Å². The zero-order valence-corrected chi connectivity index (χ0v) is 12.9. The number of alkyl halides is 2. The van der Waals surface area contributed by atoms with Crippen LogP contribution < -0.4 is 0 Å². The molecule has 0 radical (unpaired) electrons. The number of aryl methyl sites for hydroxylation is 1. The summed E-state index contributed by atoms with van der Waals surface area (Å²) < 4.78 is 22.7. The highest BCUT2D eigenvalue weighted by atomic mass is 35.5. The first kappa shape index (κ1) is 15.8. The van der Waals surface area contributed by atoms with Crippen LogP contribution in [0.15, 0.2) is 24.3 Å². The predicted molar refractivity (Wildman–Crippen MR) is 78.6 cm³/mol. The molecule has 0 saturated heterocycles. The minimum absolute atomic E-state index is 0.0980. The number of hydrogen-bond acceptors (Lipinski definition) is 2. The Kier molecular flexibility index (Phi) is 5.50. The van der Waals surface area contributed by atoms with Crippen LogP contribution in [0.3, 0.4) is 0 Å². The molecule has 1 aromatic rings. The number of benzene rings is 1. The van der Waals surface area contributed by atoms with E-state index >= 15 is 0 Å². The van der Waals surface area contributed by atoms with E-state index in [0.29, 0.717) is 18.2 Å². The number of sulfone groups is 1. The van der Waals surface area contributed by atoms with Gasteiger partial charge in [0.1, 0.15) is 9.84 Å². The third kappa shape index (κ3) is 3.87. The minimum atomic E-state index is -3.02. The van der Waals surface area contributed by atoms with E-state index in [1.807, 2.05) is 31.2 Å². The van der Waals surface area contributed by atoms with Crippen molar-refractivity contribution in [3.63, 3.8) is 0 Å². The van der Waals surface area contributed by atoms with Gasteiger partial charge in [0.2, 0.25) is 0 Å². The van der Waals surface area contributed by atoms with Crippen molar-refractivity contribution in [3.05, 3.63) is 35.4 Å². The standard InChI is InChI=1S/C13H18Cl2O2S/c1-11-5-3-4-6-12(11)13(9-14,10-15)7-8-18(2,16)17/h3-6H,7-10H2,1-2H3. The Balaban J connectivity index is 3.11. The average molecular weight is 309 g/mol. The van der Waals surface area contributed by atoms with E-state index < -0.39 is 15.3 Å². The van der Waals surface area contributed by atoms with Gasteiger partial charge in [-0.05, 0) is 24.5 Å². The van der Waals surface area contributed by atoms with Crippen molar-refractivity contribution in [3.8, 4) is 0 Å². The van der Waals surface area contributed by atoms with Crippen LogP contribution in [0.5, 0.6) is 0 Å². The van der Waals surface area contributed by atoms with E-state index in [4.69, 9.17) is 23.2 Å². The lowest BCUT2D eigenvalue weighted by atomic mass is 9.79. The fraction of sp³-hybridized carbons (Fsp3) is 0.538. The first-order valence-corrected chi connectivity index (χ1v) is 8.83. The maximum absolute atomic E-state index is 11.3. The topological polar surface area (TPSA) is 34.1 Å². The van der Waals surface area contributed by atoms with Gasteiger partial charge in [-0.2, -0.15) is 0 Å². The molecule has 0 fully saturated rings. The van der Waals surface area contributed by atoms with Gasteiger partial charge in [-0.15, -0.1) is 23.2 Å². The lowest BCUT2D eigenvalue weighted by molar-refractivity contribution is 0.510. The predicted octanol–water partition coefficient (Wildman–Crippen LogP) is 3.15. The Hall–Kier alpha value is -0.250. The van der Waals surface area contributed by atoms with Crippen LogP contribution in [0, 0.1) is 6.92 Å². The van der Waals surface area contributed by atoms with Gasteiger partial charge in [0.25, 0.3) is 0 Å². The van der Waals surface area contributed by atoms with Gasteiger partial charge < -0.3 is 0 Å². The highest BCUT2D eigenvalue weighted by Gasteiger charge is 2.32. The highest BCUT2D eigenvalue weighted by molar-refractivity contribution is 7.90. The quantitative estimate of drug-likeness (QED) is 0.757. The molecule has 0 saturated carbocycles. The second-order valence-corrected chi connectivity index (χ2v) is 7.54. The Morgan fingerprint density at radius 3 is 2.17 bits per heavy atom. The molecule has 0 aliphatic rings. The molecule has 0 N–H and O–H groups in total. The molecule has 0 heterocycles. The van der Waals surface area contributed by atoms with Crippen LogP contribution >= 0.6 is 23.2 Å². The maximum Gasteiger partial charge on any atom is 0.147 e. The Morgan fingerprint density at radius 2 is 1.72 bits per heavy atom. The monoisotopic (exact) mass is 308 g/mol. The Morgan fingerprint density at radius 1 is 1.17 bits per heavy atom. The van der Waals surface area contributed by atoms with E-state index in [0.717, 1.165) is 11.1 Å². The summed E-state index contributed by atoms with van der Waals surface area (Å²) in [5, 5.41) is 0. The zero-order chi connectivity index (χ0) is 13.8. The van der Waals surface area contributed by atoms with Crippen LogP contribution in [0.2, 0.25) is 0 Å². The molecule has 1 rings (SSSR count). The average Bonchev–Trinajstić information content (AvgIpc) is 2.31. The normalized spacial score (nSPS) is 12.7. The smallest absolute Gasteiger partial charge is 0.147 e. The van der Waals surface area contributed by atoms with Gasteiger partial charge in [-0.3, -0.25) is 0 Å². The van der Waals surface area contributed by atoms with Gasteiger partial charge in [-0.1, -0.05) is 24.3 Å². The zero-order valence-electron chi connectivity index (χ0n) is 10.6. The largest absolute Gasteiger partial charge is 0.229 e. The molecule has 0 aromatic heterocycles. The summed E-state index contributed by atoms with van der Waals surface area (Å²) in [7, 11) is -3.02. The van der Waals surface area contributed by atoms with Gasteiger partial charge in [-0.25, -0.2) is 8.42 Å². The van der Waals surface area contributed by atoms with E-state index in [9.17, 15) is 8.42 Å². The van der Waals surface area contributed by atoms with E-state index in [2.05, 4.69) is 0 Å². The SMILES string of the molecule is Cc1ccccc1C(CCl)(CCl)CCS(C)(=O)=O. The van der Waals surface area contributed by atoms with Crippen molar-refractivity contribution in [2.75, 3.05) is 23.8 Å². The van der Waals surface area contributed by atoms with Crippen molar-refractivity contribution in [1.82, 2.24) is 0 Å². The summed E-state index contributed by atoms with van der Waals surface area (Å²) >= 11 is 12.2. The van der Waals surface area contributed by atoms with E-state index in [-0.39, 0.29) is 5.75 Å². The highest BCUT2D eigenvalue weighted by Crippen LogP contribution is 2.33. The van der Waals surface area contributed by atoms with E-state index in [1.54, 1.807) is 0 Å². The number of halogens is 2. The summed E-state index contributed by atoms with van der Waals surface area (Å²) in [6.07, 6.45) is 1.68. The van der Waals surface area contributed by atoms with Crippen molar-refractivity contribution in [2.24, 2.45) is 0 Å². The van der Waals surface area contributed by atoms with Crippen LogP contribution in [-0.2, 0) is 15.3 Å². The molecule has 1 aromatic carbocycles. The maximum atomic E-state index is 11.3. The lowest BCUT2D eigenvalue weighted by Gasteiger charge is -2.31. The summed E-state index contributed by atoms with van der Waals surface area (Å²) in [5.74, 6) is 0.731. The molecule has 102 valence electrons. The van der Waals surface area contributed by atoms with Crippen molar-refractivity contribution < 1.29 is 8.42 Å². The molecule has 0 unspecified atom stereocenters. The summed E-state index contributed by atoms with van der Waals surface area (Å²) in [5.41, 5.74) is 1.66. The lowest BCUT2D eigenvalue weighted by Crippen LogP contribution is -2.33. The molecule has 0 spiro atoms. The number of rotatable bonds is 6. The molecule has 0 aliphatic heterocycles. The van der Waals surface area contributed by atoms with Crippen LogP contribution in [0.4, 0.5) is 0 Å². The van der Waals surface area contributed by atoms with Crippen molar-refractivity contribution in [2.45, 2.75) is 18.8 Å². The van der Waals surface area contributed by atoms with Crippen LogP contribution in [0.1, 0.15) is 17.5 Å². The summed E-state index contributed by atoms with van der Waals surface area (Å²) in [6, 6.07) is 7.84. The molecule has 18 heavy (non-hydrogen) atoms. The second kappa shape index (κ2) is 6.27. The molecule has 0 bridgehead atoms. The minimum Gasteiger partial charge on any atom is -0.229 e. The van der Waals surface area contributed by atoms with Crippen molar-refractivity contribution >= 4 is 33.0 Å². The molecule has 5 heteroatoms. The van der Waals surface area contributed by atoms with Crippen LogP contribution in [-0.4, -0.2) is 32.2 Å². The third-order valence-electron chi connectivity index (χ3n) is 3.18. The Labute approximate surface area is 119 Å². The third-order valence-corrected chi connectivity index (χ3v) is 5.15. The van der Waals surface area contributed by atoms with Gasteiger partial charge >= 0.3 is 0 Å². The molecule has 0 atom stereocenters. The van der Waals surface area contributed by atoms with Gasteiger partial charge in [0, 0.05) is 23.4 Å². The number of hydrogen-bond donors (Lipinski definition) is 0. The first-order valence-electron chi connectivity index (χ1n) is 5.70. The fourth-order valence-electron chi connectivity index (χ4n) is 2.00. The molecule has 0 amide bonds. The Bertz CT molecular complexity index is 493. The van der Waals surface area contributed by atoms with E-state index in [1.165, 1.54) is 6.26 Å². The molecular formula is C13H18Cl2O2S. The molecule has 0 aliphatic carbocycles. The summed E-state index contributed by atoms with van der Waals surface area (Å²) in [6.45, 7) is 1.99. The second-order valence-electron chi connectivity index (χ2n) is 4.74. The van der Waals surface area contributed by atoms with Gasteiger partial charge in [0.05, 0.1) is 5.75 Å². The molecule has 2 nitrogen and oxygen atoms in total. The fourth-order valence-corrected chi connectivity index (χ4v) is 3.60. The summed E-state index contributed by atoms with van der Waals surface area (Å²) in [4.78, 5) is 0.